The molecule has 1 atom stereocenters. The number of carbonyl (C=O) groups excluding carboxylic acids is 3. The molecule has 0 aliphatic heterocycles. The molecular formula is C24H25N3O4S. The van der Waals surface area contributed by atoms with Gasteiger partial charge in [0.25, 0.3) is 5.91 Å². The number of hydrogen-bond acceptors (Lipinski definition) is 5. The fourth-order valence-corrected chi connectivity index (χ4v) is 4.75. The number of carbonyl (C=O) groups is 3. The normalized spacial score (nSPS) is 14.6. The predicted octanol–water partition coefficient (Wildman–Crippen LogP) is 3.90. The van der Waals surface area contributed by atoms with Gasteiger partial charge < -0.3 is 15.1 Å². The van der Waals surface area contributed by atoms with E-state index in [4.69, 9.17) is 4.42 Å². The van der Waals surface area contributed by atoms with E-state index in [2.05, 4.69) is 10.6 Å². The molecule has 0 radical (unpaired) electrons. The largest absolute Gasteiger partial charge is 0.459 e. The van der Waals surface area contributed by atoms with E-state index in [0.29, 0.717) is 5.69 Å². The summed E-state index contributed by atoms with van der Waals surface area (Å²) in [5.41, 5.74) is 0.588. The van der Waals surface area contributed by atoms with Crippen molar-refractivity contribution >= 4 is 34.7 Å². The third-order valence-electron chi connectivity index (χ3n) is 5.47. The first-order valence-corrected chi connectivity index (χ1v) is 11.5. The van der Waals surface area contributed by atoms with Crippen LogP contribution in [0, 0.1) is 0 Å². The summed E-state index contributed by atoms with van der Waals surface area (Å²) in [7, 11) is 0. The molecule has 1 aliphatic rings. The van der Waals surface area contributed by atoms with Crippen molar-refractivity contribution in [1.29, 1.82) is 0 Å². The Balaban J connectivity index is 1.61. The zero-order chi connectivity index (χ0) is 22.3. The summed E-state index contributed by atoms with van der Waals surface area (Å²) in [6.45, 7) is -0.271. The van der Waals surface area contributed by atoms with Crippen molar-refractivity contribution in [2.75, 3.05) is 11.4 Å². The molecule has 3 aromatic rings. The number of thiophene rings is 1. The molecular weight excluding hydrogens is 426 g/mol. The third kappa shape index (κ3) is 5.08. The highest BCUT2D eigenvalue weighted by molar-refractivity contribution is 7.10. The molecule has 0 saturated heterocycles. The molecule has 1 fully saturated rings. The highest BCUT2D eigenvalue weighted by atomic mass is 32.1. The average Bonchev–Trinajstić information content (AvgIpc) is 3.59. The lowest BCUT2D eigenvalue weighted by Gasteiger charge is -2.31. The van der Waals surface area contributed by atoms with Gasteiger partial charge in [-0.15, -0.1) is 11.3 Å². The monoisotopic (exact) mass is 451 g/mol. The number of furan rings is 1. The highest BCUT2D eigenvalue weighted by Crippen LogP contribution is 2.31. The Bertz CT molecular complexity index is 1030. The summed E-state index contributed by atoms with van der Waals surface area (Å²) < 4.78 is 5.09. The summed E-state index contributed by atoms with van der Waals surface area (Å²) in [5.74, 6) is -0.970. The highest BCUT2D eigenvalue weighted by Gasteiger charge is 2.35. The molecule has 3 amide bonds. The molecule has 2 heterocycles. The van der Waals surface area contributed by atoms with Gasteiger partial charge in [-0.25, -0.2) is 0 Å². The van der Waals surface area contributed by atoms with Crippen LogP contribution in [0.25, 0.3) is 0 Å². The van der Waals surface area contributed by atoms with Crippen LogP contribution in [0.3, 0.4) is 0 Å². The van der Waals surface area contributed by atoms with E-state index in [9.17, 15) is 14.4 Å². The van der Waals surface area contributed by atoms with Crippen LogP contribution >= 0.6 is 11.3 Å². The molecule has 1 aliphatic carbocycles. The molecule has 0 unspecified atom stereocenters. The Morgan fingerprint density at radius 1 is 1.03 bits per heavy atom. The molecule has 0 bridgehead atoms. The molecule has 4 rings (SSSR count). The summed E-state index contributed by atoms with van der Waals surface area (Å²) in [6, 6.07) is 15.2. The smallest absolute Gasteiger partial charge is 0.287 e. The zero-order valence-corrected chi connectivity index (χ0v) is 18.3. The number of amides is 3. The van der Waals surface area contributed by atoms with Crippen molar-refractivity contribution in [2.45, 2.75) is 37.8 Å². The first kappa shape index (κ1) is 21.8. The molecule has 2 aromatic heterocycles. The Kier molecular flexibility index (Phi) is 7.01. The van der Waals surface area contributed by atoms with Gasteiger partial charge in [0, 0.05) is 16.6 Å². The van der Waals surface area contributed by atoms with Crippen LogP contribution in [-0.2, 0) is 9.59 Å². The van der Waals surface area contributed by atoms with Gasteiger partial charge in [-0.1, -0.05) is 37.1 Å². The molecule has 0 spiro atoms. The fraction of sp³-hybridized carbons (Fsp3) is 0.292. The van der Waals surface area contributed by atoms with Gasteiger partial charge in [-0.3, -0.25) is 19.3 Å². The minimum absolute atomic E-state index is 0.122. The molecule has 7 nitrogen and oxygen atoms in total. The maximum absolute atomic E-state index is 13.4. The Morgan fingerprint density at radius 3 is 2.47 bits per heavy atom. The SMILES string of the molecule is O=C(NCC(=O)N(c1ccccc1)[C@@H](C(=O)NC1CCCC1)c1cccs1)c1ccco1. The number of benzene rings is 1. The van der Waals surface area contributed by atoms with Gasteiger partial charge in [0.15, 0.2) is 5.76 Å². The van der Waals surface area contributed by atoms with E-state index < -0.39 is 17.9 Å². The molecule has 1 aromatic carbocycles. The average molecular weight is 452 g/mol. The van der Waals surface area contributed by atoms with Gasteiger partial charge in [0.05, 0.1) is 12.8 Å². The standard InChI is InChI=1S/C24H25N3O4S/c28-21(16-25-23(29)19-12-6-14-31-19)27(18-10-2-1-3-11-18)22(20-13-7-15-32-20)24(30)26-17-8-4-5-9-17/h1-3,6-7,10-15,17,22H,4-5,8-9,16H2,(H,25,29)(H,26,30)/t22-/m1/s1. The Morgan fingerprint density at radius 2 is 1.81 bits per heavy atom. The van der Waals surface area contributed by atoms with Crippen LogP contribution in [0.15, 0.2) is 70.7 Å². The quantitative estimate of drug-likeness (QED) is 0.543. The second-order valence-electron chi connectivity index (χ2n) is 7.67. The second kappa shape index (κ2) is 10.3. The lowest BCUT2D eigenvalue weighted by molar-refractivity contribution is -0.126. The van der Waals surface area contributed by atoms with E-state index >= 15 is 0 Å². The topological polar surface area (TPSA) is 91.7 Å². The van der Waals surface area contributed by atoms with Gasteiger partial charge in [0.2, 0.25) is 11.8 Å². The van der Waals surface area contributed by atoms with Crippen molar-refractivity contribution in [2.24, 2.45) is 0 Å². The summed E-state index contributed by atoms with van der Waals surface area (Å²) in [4.78, 5) is 41.4. The number of nitrogens with zero attached hydrogens (tertiary/aromatic N) is 1. The summed E-state index contributed by atoms with van der Waals surface area (Å²) in [6.07, 6.45) is 5.47. The molecule has 166 valence electrons. The zero-order valence-electron chi connectivity index (χ0n) is 17.5. The Labute approximate surface area is 190 Å². The van der Waals surface area contributed by atoms with Gasteiger partial charge in [0.1, 0.15) is 6.04 Å². The van der Waals surface area contributed by atoms with E-state index in [0.717, 1.165) is 30.6 Å². The van der Waals surface area contributed by atoms with Crippen LogP contribution in [0.2, 0.25) is 0 Å². The van der Waals surface area contributed by atoms with Crippen LogP contribution in [0.4, 0.5) is 5.69 Å². The summed E-state index contributed by atoms with van der Waals surface area (Å²) >= 11 is 1.42. The van der Waals surface area contributed by atoms with Crippen molar-refractivity contribution in [3.8, 4) is 0 Å². The molecule has 1 saturated carbocycles. The predicted molar refractivity (Wildman–Crippen MR) is 122 cm³/mol. The number of rotatable bonds is 8. The van der Waals surface area contributed by atoms with Gasteiger partial charge in [-0.05, 0) is 48.6 Å². The van der Waals surface area contributed by atoms with Crippen LogP contribution < -0.4 is 15.5 Å². The third-order valence-corrected chi connectivity index (χ3v) is 6.39. The Hall–Kier alpha value is -3.39. The van der Waals surface area contributed by atoms with Crippen LogP contribution in [0.1, 0.15) is 47.2 Å². The first-order valence-electron chi connectivity index (χ1n) is 10.7. The minimum atomic E-state index is -0.828. The maximum atomic E-state index is 13.4. The first-order chi connectivity index (χ1) is 15.6. The number of para-hydroxylation sites is 1. The van der Waals surface area contributed by atoms with Gasteiger partial charge >= 0.3 is 0 Å². The minimum Gasteiger partial charge on any atom is -0.459 e. The molecule has 2 N–H and O–H groups in total. The van der Waals surface area contributed by atoms with Crippen molar-refractivity contribution < 1.29 is 18.8 Å². The van der Waals surface area contributed by atoms with Crippen molar-refractivity contribution in [1.82, 2.24) is 10.6 Å². The second-order valence-corrected chi connectivity index (χ2v) is 8.65. The van der Waals surface area contributed by atoms with E-state index in [-0.39, 0.29) is 24.3 Å². The molecule has 32 heavy (non-hydrogen) atoms. The summed E-state index contributed by atoms with van der Waals surface area (Å²) in [5, 5.41) is 7.61. The number of nitrogens with one attached hydrogen (secondary N) is 2. The lowest BCUT2D eigenvalue weighted by Crippen LogP contribution is -2.48. The van der Waals surface area contributed by atoms with Crippen molar-refractivity contribution in [3.05, 3.63) is 76.9 Å². The maximum Gasteiger partial charge on any atom is 0.287 e. The van der Waals surface area contributed by atoms with E-state index in [1.54, 1.807) is 18.2 Å². The lowest BCUT2D eigenvalue weighted by atomic mass is 10.1. The van der Waals surface area contributed by atoms with E-state index in [1.807, 2.05) is 35.7 Å². The van der Waals surface area contributed by atoms with Crippen LogP contribution in [0.5, 0.6) is 0 Å². The van der Waals surface area contributed by atoms with E-state index in [1.165, 1.54) is 28.6 Å². The number of anilines is 1. The molecule has 8 heteroatoms. The van der Waals surface area contributed by atoms with Crippen LogP contribution in [-0.4, -0.2) is 30.3 Å². The van der Waals surface area contributed by atoms with Crippen molar-refractivity contribution in [3.63, 3.8) is 0 Å². The van der Waals surface area contributed by atoms with Gasteiger partial charge in [-0.2, -0.15) is 0 Å². The number of hydrogen-bond donors (Lipinski definition) is 2. The fourth-order valence-electron chi connectivity index (χ4n) is 3.93.